The molecule has 1 aliphatic rings. The molecule has 5 heteroatoms. The zero-order valence-electron chi connectivity index (χ0n) is 15.2. The third-order valence-corrected chi connectivity index (χ3v) is 4.72. The molecule has 1 aliphatic heterocycles. The Balaban J connectivity index is 1.81. The van der Waals surface area contributed by atoms with Gasteiger partial charge in [-0.15, -0.1) is 0 Å². The molecule has 0 saturated carbocycles. The van der Waals surface area contributed by atoms with Crippen LogP contribution in [0.2, 0.25) is 0 Å². The van der Waals surface area contributed by atoms with E-state index in [4.69, 9.17) is 4.74 Å². The van der Waals surface area contributed by atoms with Crippen molar-refractivity contribution in [1.29, 1.82) is 0 Å². The number of piperidine rings is 1. The maximum absolute atomic E-state index is 12.8. The monoisotopic (exact) mass is 352 g/mol. The van der Waals surface area contributed by atoms with Crippen LogP contribution < -0.4 is 10.1 Å². The lowest BCUT2D eigenvalue weighted by atomic mass is 10.1. The summed E-state index contributed by atoms with van der Waals surface area (Å²) in [6, 6.07) is 12.5. The number of carbonyl (C=O) groups excluding carboxylic acids is 2. The van der Waals surface area contributed by atoms with Gasteiger partial charge in [-0.3, -0.25) is 9.59 Å². The van der Waals surface area contributed by atoms with E-state index in [9.17, 15) is 9.59 Å². The molecular weight excluding hydrogens is 328 g/mol. The van der Waals surface area contributed by atoms with Crippen molar-refractivity contribution in [3.8, 4) is 5.75 Å². The number of methoxy groups -OCH3 is 1. The highest BCUT2D eigenvalue weighted by Gasteiger charge is 2.21. The highest BCUT2D eigenvalue weighted by molar-refractivity contribution is 6.09. The molecule has 1 saturated heterocycles. The number of para-hydroxylation sites is 1. The fraction of sp³-hybridized carbons (Fsp3) is 0.333. The summed E-state index contributed by atoms with van der Waals surface area (Å²) < 4.78 is 5.29. The highest BCUT2D eigenvalue weighted by atomic mass is 16.5. The summed E-state index contributed by atoms with van der Waals surface area (Å²) in [5.41, 5.74) is 2.52. The van der Waals surface area contributed by atoms with E-state index in [1.54, 1.807) is 31.4 Å². The first kappa shape index (κ1) is 18.0. The van der Waals surface area contributed by atoms with E-state index in [1.165, 1.54) is 0 Å². The van der Waals surface area contributed by atoms with Gasteiger partial charge in [0.25, 0.3) is 11.8 Å². The summed E-state index contributed by atoms with van der Waals surface area (Å²) >= 11 is 0. The topological polar surface area (TPSA) is 58.6 Å². The van der Waals surface area contributed by atoms with Crippen LogP contribution >= 0.6 is 0 Å². The standard InChI is InChI=1S/C21H24N2O3/c1-15-10-11-16(14-19(15)26-2)20(24)22-18-9-5-4-8-17(18)21(25)23-12-6-3-7-13-23/h4-5,8-11,14H,3,6-7,12-13H2,1-2H3,(H,22,24). The lowest BCUT2D eigenvalue weighted by Gasteiger charge is -2.27. The molecule has 2 amide bonds. The number of likely N-dealkylation sites (tertiary alicyclic amines) is 1. The van der Waals surface area contributed by atoms with Crippen molar-refractivity contribution < 1.29 is 14.3 Å². The van der Waals surface area contributed by atoms with E-state index in [1.807, 2.05) is 30.0 Å². The van der Waals surface area contributed by atoms with Gasteiger partial charge < -0.3 is 15.0 Å². The van der Waals surface area contributed by atoms with E-state index in [0.717, 1.165) is 37.9 Å². The summed E-state index contributed by atoms with van der Waals surface area (Å²) in [5, 5.41) is 2.88. The molecule has 0 aliphatic carbocycles. The van der Waals surface area contributed by atoms with E-state index in [0.29, 0.717) is 22.6 Å². The number of hydrogen-bond donors (Lipinski definition) is 1. The fourth-order valence-electron chi connectivity index (χ4n) is 3.20. The third kappa shape index (κ3) is 3.87. The number of benzene rings is 2. The average Bonchev–Trinajstić information content (AvgIpc) is 2.69. The molecule has 0 aromatic heterocycles. The van der Waals surface area contributed by atoms with Gasteiger partial charge in [-0.05, 0) is 56.0 Å². The minimum atomic E-state index is -0.262. The zero-order chi connectivity index (χ0) is 18.5. The number of anilines is 1. The molecule has 0 atom stereocenters. The minimum absolute atomic E-state index is 0.0258. The average molecular weight is 352 g/mol. The number of amides is 2. The highest BCUT2D eigenvalue weighted by Crippen LogP contribution is 2.23. The van der Waals surface area contributed by atoms with Gasteiger partial charge in [-0.1, -0.05) is 18.2 Å². The largest absolute Gasteiger partial charge is 0.496 e. The molecule has 136 valence electrons. The van der Waals surface area contributed by atoms with E-state index in [2.05, 4.69) is 5.32 Å². The number of ether oxygens (including phenoxy) is 1. The number of aryl methyl sites for hydroxylation is 1. The van der Waals surface area contributed by atoms with Crippen LogP contribution in [0.15, 0.2) is 42.5 Å². The molecule has 2 aromatic rings. The van der Waals surface area contributed by atoms with Crippen LogP contribution in [-0.2, 0) is 0 Å². The van der Waals surface area contributed by atoms with Crippen LogP contribution in [-0.4, -0.2) is 36.9 Å². The van der Waals surface area contributed by atoms with Crippen LogP contribution in [0.5, 0.6) is 5.75 Å². The number of hydrogen-bond acceptors (Lipinski definition) is 3. The molecule has 1 heterocycles. The number of nitrogens with zero attached hydrogens (tertiary/aromatic N) is 1. The predicted octanol–water partition coefficient (Wildman–Crippen LogP) is 3.88. The van der Waals surface area contributed by atoms with Crippen molar-refractivity contribution in [1.82, 2.24) is 4.90 Å². The van der Waals surface area contributed by atoms with Crippen LogP contribution in [0.3, 0.4) is 0 Å². The quantitative estimate of drug-likeness (QED) is 0.908. The summed E-state index contributed by atoms with van der Waals surface area (Å²) in [5.74, 6) is 0.375. The van der Waals surface area contributed by atoms with Crippen molar-refractivity contribution in [3.05, 3.63) is 59.2 Å². The van der Waals surface area contributed by atoms with E-state index >= 15 is 0 Å². The number of rotatable bonds is 4. The molecule has 26 heavy (non-hydrogen) atoms. The summed E-state index contributed by atoms with van der Waals surface area (Å²) in [7, 11) is 1.58. The summed E-state index contributed by atoms with van der Waals surface area (Å²) in [6.45, 7) is 3.47. The van der Waals surface area contributed by atoms with Crippen LogP contribution in [0.1, 0.15) is 45.5 Å². The SMILES string of the molecule is COc1cc(C(=O)Nc2ccccc2C(=O)N2CCCCC2)ccc1C. The fourth-order valence-corrected chi connectivity index (χ4v) is 3.20. The van der Waals surface area contributed by atoms with Crippen LogP contribution in [0.25, 0.3) is 0 Å². The Morgan fingerprint density at radius 2 is 1.77 bits per heavy atom. The van der Waals surface area contributed by atoms with Crippen LogP contribution in [0.4, 0.5) is 5.69 Å². The molecule has 0 radical (unpaired) electrons. The van der Waals surface area contributed by atoms with Gasteiger partial charge in [0.05, 0.1) is 18.4 Å². The number of carbonyl (C=O) groups is 2. The van der Waals surface area contributed by atoms with Gasteiger partial charge in [-0.25, -0.2) is 0 Å². The maximum Gasteiger partial charge on any atom is 0.255 e. The maximum atomic E-state index is 12.8. The van der Waals surface area contributed by atoms with Crippen molar-refractivity contribution in [3.63, 3.8) is 0 Å². The molecule has 0 bridgehead atoms. The van der Waals surface area contributed by atoms with Crippen molar-refractivity contribution in [2.75, 3.05) is 25.5 Å². The van der Waals surface area contributed by atoms with Gasteiger partial charge in [0.2, 0.25) is 0 Å². The van der Waals surface area contributed by atoms with Gasteiger partial charge >= 0.3 is 0 Å². The first-order chi connectivity index (χ1) is 12.6. The first-order valence-electron chi connectivity index (χ1n) is 8.94. The predicted molar refractivity (Wildman–Crippen MR) is 102 cm³/mol. The van der Waals surface area contributed by atoms with E-state index < -0.39 is 0 Å². The Kier molecular flexibility index (Phi) is 5.56. The zero-order valence-corrected chi connectivity index (χ0v) is 15.2. The van der Waals surface area contributed by atoms with Gasteiger partial charge in [-0.2, -0.15) is 0 Å². The Hall–Kier alpha value is -2.82. The normalized spacial score (nSPS) is 14.0. The molecule has 0 spiro atoms. The molecule has 0 unspecified atom stereocenters. The lowest BCUT2D eigenvalue weighted by Crippen LogP contribution is -2.36. The Bertz CT molecular complexity index is 811. The molecular formula is C21H24N2O3. The minimum Gasteiger partial charge on any atom is -0.496 e. The second kappa shape index (κ2) is 8.04. The van der Waals surface area contributed by atoms with Gasteiger partial charge in [0, 0.05) is 18.7 Å². The number of nitrogens with one attached hydrogen (secondary N) is 1. The first-order valence-corrected chi connectivity index (χ1v) is 8.94. The Morgan fingerprint density at radius 3 is 2.50 bits per heavy atom. The molecule has 3 rings (SSSR count). The summed E-state index contributed by atoms with van der Waals surface area (Å²) in [6.07, 6.45) is 3.23. The Morgan fingerprint density at radius 1 is 1.04 bits per heavy atom. The molecule has 5 nitrogen and oxygen atoms in total. The van der Waals surface area contributed by atoms with Crippen molar-refractivity contribution >= 4 is 17.5 Å². The molecule has 1 N–H and O–H groups in total. The van der Waals surface area contributed by atoms with Crippen LogP contribution in [0, 0.1) is 6.92 Å². The molecule has 1 fully saturated rings. The van der Waals surface area contributed by atoms with Gasteiger partial charge in [0.15, 0.2) is 0 Å². The smallest absolute Gasteiger partial charge is 0.255 e. The van der Waals surface area contributed by atoms with Gasteiger partial charge in [0.1, 0.15) is 5.75 Å². The van der Waals surface area contributed by atoms with E-state index in [-0.39, 0.29) is 11.8 Å². The summed E-state index contributed by atoms with van der Waals surface area (Å²) in [4.78, 5) is 27.4. The molecule has 2 aromatic carbocycles. The lowest BCUT2D eigenvalue weighted by molar-refractivity contribution is 0.0725. The second-order valence-corrected chi connectivity index (χ2v) is 6.54. The van der Waals surface area contributed by atoms with Crippen molar-refractivity contribution in [2.45, 2.75) is 26.2 Å². The van der Waals surface area contributed by atoms with Crippen molar-refractivity contribution in [2.24, 2.45) is 0 Å². The second-order valence-electron chi connectivity index (χ2n) is 6.54. The Labute approximate surface area is 154 Å². The third-order valence-electron chi connectivity index (χ3n) is 4.72.